The molecule has 0 radical (unpaired) electrons. The monoisotopic (exact) mass is 384 g/mol. The minimum Gasteiger partial charge on any atom is -0.452 e. The molecule has 2 N–H and O–H groups in total. The molecule has 0 atom stereocenters. The summed E-state index contributed by atoms with van der Waals surface area (Å²) in [4.78, 5) is 25.2. The SMILES string of the molecule is CN(Cc1c(F)cccc1Cl)C(=O)COC(=O)c1ccc(Cl)c(N)c1. The Morgan fingerprint density at radius 1 is 1.20 bits per heavy atom. The zero-order valence-corrected chi connectivity index (χ0v) is 14.8. The molecule has 0 aliphatic carbocycles. The van der Waals surface area contributed by atoms with Crippen LogP contribution in [0.15, 0.2) is 36.4 Å². The summed E-state index contributed by atoms with van der Waals surface area (Å²) in [7, 11) is 1.46. The van der Waals surface area contributed by atoms with Crippen LogP contribution in [0.3, 0.4) is 0 Å². The number of carbonyl (C=O) groups excluding carboxylic acids is 2. The van der Waals surface area contributed by atoms with E-state index in [4.69, 9.17) is 33.7 Å². The molecule has 0 aromatic heterocycles. The van der Waals surface area contributed by atoms with Crippen LogP contribution in [0.2, 0.25) is 10.0 Å². The molecule has 25 heavy (non-hydrogen) atoms. The van der Waals surface area contributed by atoms with Crippen LogP contribution in [0.5, 0.6) is 0 Å². The number of hydrogen-bond donors (Lipinski definition) is 1. The van der Waals surface area contributed by atoms with Gasteiger partial charge < -0.3 is 15.4 Å². The molecule has 2 rings (SSSR count). The topological polar surface area (TPSA) is 72.6 Å². The van der Waals surface area contributed by atoms with E-state index in [1.807, 2.05) is 0 Å². The Hall–Kier alpha value is -2.31. The van der Waals surface area contributed by atoms with Crippen molar-refractivity contribution in [2.75, 3.05) is 19.4 Å². The zero-order chi connectivity index (χ0) is 18.6. The van der Waals surface area contributed by atoms with Crippen molar-refractivity contribution in [3.8, 4) is 0 Å². The number of nitrogens with two attached hydrogens (primary N) is 1. The maximum absolute atomic E-state index is 13.7. The second-order valence-corrected chi connectivity index (χ2v) is 6.08. The van der Waals surface area contributed by atoms with Gasteiger partial charge in [0.25, 0.3) is 5.91 Å². The van der Waals surface area contributed by atoms with Crippen LogP contribution in [0.25, 0.3) is 0 Å². The quantitative estimate of drug-likeness (QED) is 0.631. The number of anilines is 1. The highest BCUT2D eigenvalue weighted by molar-refractivity contribution is 6.33. The largest absolute Gasteiger partial charge is 0.452 e. The van der Waals surface area contributed by atoms with Crippen molar-refractivity contribution >= 4 is 40.8 Å². The summed E-state index contributed by atoms with van der Waals surface area (Å²) in [6.45, 7) is -0.542. The first kappa shape index (κ1) is 19.0. The Morgan fingerprint density at radius 2 is 1.92 bits per heavy atom. The lowest BCUT2D eigenvalue weighted by Crippen LogP contribution is -2.31. The molecule has 132 valence electrons. The summed E-state index contributed by atoms with van der Waals surface area (Å²) in [6.07, 6.45) is 0. The molecule has 0 spiro atoms. The Kier molecular flexibility index (Phi) is 6.22. The Bertz CT molecular complexity index is 794. The maximum atomic E-state index is 13.7. The highest BCUT2D eigenvalue weighted by atomic mass is 35.5. The van der Waals surface area contributed by atoms with E-state index in [1.165, 1.54) is 48.3 Å². The van der Waals surface area contributed by atoms with Crippen LogP contribution in [0.4, 0.5) is 10.1 Å². The molecule has 2 aromatic carbocycles. The molecule has 0 bridgehead atoms. The molecule has 0 unspecified atom stereocenters. The third kappa shape index (κ3) is 4.84. The Morgan fingerprint density at radius 3 is 2.56 bits per heavy atom. The minimum absolute atomic E-state index is 0.0458. The molecule has 0 heterocycles. The number of rotatable bonds is 5. The third-order valence-electron chi connectivity index (χ3n) is 3.44. The van der Waals surface area contributed by atoms with E-state index < -0.39 is 24.3 Å². The highest BCUT2D eigenvalue weighted by Crippen LogP contribution is 2.21. The molecule has 5 nitrogen and oxygen atoms in total. The number of hydrogen-bond acceptors (Lipinski definition) is 4. The van der Waals surface area contributed by atoms with Gasteiger partial charge in [0.1, 0.15) is 5.82 Å². The molecule has 0 saturated heterocycles. The lowest BCUT2D eigenvalue weighted by Gasteiger charge is -2.18. The summed E-state index contributed by atoms with van der Waals surface area (Å²) >= 11 is 11.7. The van der Waals surface area contributed by atoms with Gasteiger partial charge in [-0.2, -0.15) is 0 Å². The molecular formula is C17H15Cl2FN2O3. The minimum atomic E-state index is -0.714. The number of nitrogen functional groups attached to an aromatic ring is 1. The van der Waals surface area contributed by atoms with E-state index in [2.05, 4.69) is 0 Å². The molecule has 0 fully saturated rings. The van der Waals surface area contributed by atoms with Crippen LogP contribution in [-0.4, -0.2) is 30.4 Å². The predicted molar refractivity (Wildman–Crippen MR) is 94.0 cm³/mol. The van der Waals surface area contributed by atoms with Crippen molar-refractivity contribution in [1.82, 2.24) is 4.90 Å². The Labute approximate surface area is 154 Å². The smallest absolute Gasteiger partial charge is 0.338 e. The van der Waals surface area contributed by atoms with Crippen molar-refractivity contribution < 1.29 is 18.7 Å². The first-order chi connectivity index (χ1) is 11.8. The van der Waals surface area contributed by atoms with Crippen molar-refractivity contribution in [3.05, 3.63) is 63.4 Å². The lowest BCUT2D eigenvalue weighted by atomic mass is 10.2. The van der Waals surface area contributed by atoms with Crippen LogP contribution in [0, 0.1) is 5.82 Å². The van der Waals surface area contributed by atoms with Crippen LogP contribution < -0.4 is 5.73 Å². The molecule has 0 saturated carbocycles. The van der Waals surface area contributed by atoms with Crippen LogP contribution in [0.1, 0.15) is 15.9 Å². The van der Waals surface area contributed by atoms with Crippen LogP contribution >= 0.6 is 23.2 Å². The van der Waals surface area contributed by atoms with E-state index in [0.717, 1.165) is 0 Å². The fourth-order valence-corrected chi connectivity index (χ4v) is 2.34. The summed E-state index contributed by atoms with van der Waals surface area (Å²) in [5.74, 6) is -1.73. The molecular weight excluding hydrogens is 370 g/mol. The average molecular weight is 385 g/mol. The fourth-order valence-electron chi connectivity index (χ4n) is 2.00. The van der Waals surface area contributed by atoms with Gasteiger partial charge in [-0.15, -0.1) is 0 Å². The molecule has 0 aliphatic heterocycles. The summed E-state index contributed by atoms with van der Waals surface area (Å²) in [6, 6.07) is 8.52. The van der Waals surface area contributed by atoms with Gasteiger partial charge in [-0.05, 0) is 30.3 Å². The summed E-state index contributed by atoms with van der Waals surface area (Å²) < 4.78 is 18.7. The molecule has 2 aromatic rings. The first-order valence-electron chi connectivity index (χ1n) is 7.18. The molecule has 8 heteroatoms. The summed E-state index contributed by atoms with van der Waals surface area (Å²) in [5.41, 5.74) is 6.21. The lowest BCUT2D eigenvalue weighted by molar-refractivity contribution is -0.133. The second-order valence-electron chi connectivity index (χ2n) is 5.26. The first-order valence-corrected chi connectivity index (χ1v) is 7.94. The van der Waals surface area contributed by atoms with Crippen molar-refractivity contribution in [1.29, 1.82) is 0 Å². The van der Waals surface area contributed by atoms with Crippen molar-refractivity contribution in [2.45, 2.75) is 6.54 Å². The molecule has 1 amide bonds. The number of ether oxygens (including phenoxy) is 1. The molecule has 0 aliphatic rings. The number of nitrogens with zero attached hydrogens (tertiary/aromatic N) is 1. The van der Waals surface area contributed by atoms with Gasteiger partial charge in [0.15, 0.2) is 6.61 Å². The van der Waals surface area contributed by atoms with Gasteiger partial charge in [0.05, 0.1) is 16.3 Å². The van der Waals surface area contributed by atoms with E-state index in [1.54, 1.807) is 0 Å². The van der Waals surface area contributed by atoms with Gasteiger partial charge in [0.2, 0.25) is 0 Å². The van der Waals surface area contributed by atoms with E-state index in [-0.39, 0.29) is 28.4 Å². The van der Waals surface area contributed by atoms with Gasteiger partial charge in [-0.1, -0.05) is 29.3 Å². The highest BCUT2D eigenvalue weighted by Gasteiger charge is 2.17. The maximum Gasteiger partial charge on any atom is 0.338 e. The number of likely N-dealkylation sites (N-methyl/N-ethyl adjacent to an activating group) is 1. The van der Waals surface area contributed by atoms with Gasteiger partial charge in [0, 0.05) is 24.2 Å². The van der Waals surface area contributed by atoms with E-state index in [0.29, 0.717) is 5.02 Å². The summed E-state index contributed by atoms with van der Waals surface area (Å²) in [5, 5.41) is 0.530. The number of halogens is 3. The second kappa shape index (κ2) is 8.18. The van der Waals surface area contributed by atoms with E-state index >= 15 is 0 Å². The predicted octanol–water partition coefficient (Wildman–Crippen LogP) is 3.53. The van der Waals surface area contributed by atoms with Gasteiger partial charge >= 0.3 is 5.97 Å². The van der Waals surface area contributed by atoms with Crippen LogP contribution in [-0.2, 0) is 16.1 Å². The van der Waals surface area contributed by atoms with E-state index in [9.17, 15) is 14.0 Å². The number of amides is 1. The van der Waals surface area contributed by atoms with Gasteiger partial charge in [-0.25, -0.2) is 9.18 Å². The average Bonchev–Trinajstić information content (AvgIpc) is 2.58. The van der Waals surface area contributed by atoms with Gasteiger partial charge in [-0.3, -0.25) is 4.79 Å². The third-order valence-corrected chi connectivity index (χ3v) is 4.14. The van der Waals surface area contributed by atoms with Crippen molar-refractivity contribution in [2.24, 2.45) is 0 Å². The zero-order valence-electron chi connectivity index (χ0n) is 13.3. The standard InChI is InChI=1S/C17H15Cl2FN2O3/c1-22(8-11-12(18)3-2-4-14(11)20)16(23)9-25-17(24)10-5-6-13(19)15(21)7-10/h2-7H,8-9,21H2,1H3. The number of benzene rings is 2. The normalized spacial score (nSPS) is 10.4. The number of esters is 1. The number of carbonyl (C=O) groups is 2. The fraction of sp³-hybridized carbons (Fsp3) is 0.176. The van der Waals surface area contributed by atoms with Crippen molar-refractivity contribution in [3.63, 3.8) is 0 Å². The Balaban J connectivity index is 1.95.